The predicted octanol–water partition coefficient (Wildman–Crippen LogP) is 2.39. The fraction of sp³-hybridized carbons (Fsp3) is 0.263. The van der Waals surface area contributed by atoms with Gasteiger partial charge in [0.15, 0.2) is 0 Å². The van der Waals surface area contributed by atoms with E-state index in [1.165, 1.54) is 36.4 Å². The van der Waals surface area contributed by atoms with Crippen LogP contribution < -0.4 is 9.50 Å². The van der Waals surface area contributed by atoms with Crippen LogP contribution in [-0.2, 0) is 20.5 Å². The number of carbonyl (C=O) groups excluding carboxylic acids is 2. The molecule has 0 aromatic heterocycles. The van der Waals surface area contributed by atoms with E-state index in [-0.39, 0.29) is 18.7 Å². The Morgan fingerprint density at radius 3 is 2.32 bits per heavy atom. The third kappa shape index (κ3) is 3.84. The number of hydrogen-bond acceptors (Lipinski definition) is 5. The van der Waals surface area contributed by atoms with Gasteiger partial charge in [-0.15, -0.1) is 0 Å². The van der Waals surface area contributed by atoms with Crippen LogP contribution in [-0.4, -0.2) is 37.6 Å². The minimum absolute atomic E-state index is 0.147. The van der Waals surface area contributed by atoms with Crippen LogP contribution in [0.1, 0.15) is 18.9 Å². The largest absolute Gasteiger partial charge is 0.382 e. The molecule has 2 aromatic carbocycles. The number of halogens is 1. The van der Waals surface area contributed by atoms with Gasteiger partial charge in [0.05, 0.1) is 0 Å². The molecule has 1 aliphatic rings. The molecule has 1 fully saturated rings. The molecule has 9 heteroatoms. The quantitative estimate of drug-likeness (QED) is 0.563. The fourth-order valence-electron chi connectivity index (χ4n) is 3.07. The monoisotopic (exact) mass is 406 g/mol. The second kappa shape index (κ2) is 7.59. The molecule has 0 unspecified atom stereocenters. The summed E-state index contributed by atoms with van der Waals surface area (Å²) < 4.78 is 42.5. The number of nitrogens with one attached hydrogen (secondary N) is 1. The molecule has 28 heavy (non-hydrogen) atoms. The molecule has 3 rings (SSSR count). The Balaban J connectivity index is 1.75. The second-order valence-electron chi connectivity index (χ2n) is 6.31. The third-order valence-electron chi connectivity index (χ3n) is 4.57. The minimum Gasteiger partial charge on any atom is -0.382 e. The Hall–Kier alpha value is -2.94. The summed E-state index contributed by atoms with van der Waals surface area (Å²) in [5, 5.41) is 2.62. The molecule has 1 aliphatic heterocycles. The van der Waals surface area contributed by atoms with Gasteiger partial charge in [-0.3, -0.25) is 9.69 Å². The van der Waals surface area contributed by atoms with Crippen molar-refractivity contribution in [3.63, 3.8) is 0 Å². The Morgan fingerprint density at radius 1 is 1.07 bits per heavy atom. The van der Waals surface area contributed by atoms with Crippen LogP contribution in [0.25, 0.3) is 0 Å². The van der Waals surface area contributed by atoms with Gasteiger partial charge in [-0.2, -0.15) is 8.42 Å². The summed E-state index contributed by atoms with van der Waals surface area (Å²) in [6, 6.07) is 12.5. The van der Waals surface area contributed by atoms with Crippen LogP contribution in [0.5, 0.6) is 5.75 Å². The first-order valence-electron chi connectivity index (χ1n) is 8.65. The summed E-state index contributed by atoms with van der Waals surface area (Å²) in [5.41, 5.74) is -0.921. The van der Waals surface area contributed by atoms with Crippen molar-refractivity contribution < 1.29 is 26.6 Å². The highest BCUT2D eigenvalue weighted by Gasteiger charge is 2.51. The number of carbonyl (C=O) groups is 2. The molecule has 3 amide bonds. The molecule has 0 bridgehead atoms. The molecule has 0 saturated carbocycles. The zero-order valence-electron chi connectivity index (χ0n) is 15.1. The van der Waals surface area contributed by atoms with Crippen LogP contribution in [0.4, 0.5) is 9.18 Å². The van der Waals surface area contributed by atoms with Gasteiger partial charge >= 0.3 is 16.1 Å². The first-order chi connectivity index (χ1) is 13.3. The molecule has 1 heterocycles. The second-order valence-corrected chi connectivity index (χ2v) is 8.00. The van der Waals surface area contributed by atoms with Crippen molar-refractivity contribution in [1.82, 2.24) is 10.2 Å². The van der Waals surface area contributed by atoms with Gasteiger partial charge < -0.3 is 9.50 Å². The standard InChI is InChI=1S/C19H19FN2O5S/c1-2-19(14-8-10-15(20)11-9-14)17(23)22(18(24)21-19)12-13-28(25,26)27-16-6-4-3-5-7-16/h3-11H,2,12-13H2,1H3,(H,21,24)/t19-/m0/s1. The first kappa shape index (κ1) is 19.8. The summed E-state index contributed by atoms with van der Waals surface area (Å²) in [6.07, 6.45) is 0.229. The Labute approximate surface area is 162 Å². The SMILES string of the molecule is CC[C@@]1(c2ccc(F)cc2)NC(=O)N(CCS(=O)(=O)Oc2ccccc2)C1=O. The van der Waals surface area contributed by atoms with Crippen molar-refractivity contribution in [2.45, 2.75) is 18.9 Å². The molecule has 148 valence electrons. The van der Waals surface area contributed by atoms with E-state index in [2.05, 4.69) is 5.32 Å². The van der Waals surface area contributed by atoms with Crippen molar-refractivity contribution in [2.75, 3.05) is 12.3 Å². The summed E-state index contributed by atoms with van der Waals surface area (Å²) >= 11 is 0. The van der Waals surface area contributed by atoms with Gasteiger partial charge in [-0.05, 0) is 36.2 Å². The number of amides is 3. The van der Waals surface area contributed by atoms with Crippen LogP contribution in [0.3, 0.4) is 0 Å². The van der Waals surface area contributed by atoms with Crippen molar-refractivity contribution >= 4 is 22.1 Å². The van der Waals surface area contributed by atoms with E-state index >= 15 is 0 Å². The predicted molar refractivity (Wildman–Crippen MR) is 99.5 cm³/mol. The Morgan fingerprint density at radius 2 is 1.71 bits per heavy atom. The molecular formula is C19H19FN2O5S. The lowest BCUT2D eigenvalue weighted by molar-refractivity contribution is -0.131. The molecule has 0 aliphatic carbocycles. The Bertz CT molecular complexity index is 979. The van der Waals surface area contributed by atoms with Gasteiger partial charge in [0, 0.05) is 6.54 Å². The average molecular weight is 406 g/mol. The van der Waals surface area contributed by atoms with Crippen molar-refractivity contribution in [3.8, 4) is 5.75 Å². The number of benzene rings is 2. The molecule has 1 saturated heterocycles. The van der Waals surface area contributed by atoms with E-state index in [9.17, 15) is 22.4 Å². The maximum Gasteiger partial charge on any atom is 0.325 e. The Kier molecular flexibility index (Phi) is 5.37. The van der Waals surface area contributed by atoms with Gasteiger partial charge in [-0.1, -0.05) is 37.3 Å². The maximum atomic E-state index is 13.2. The van der Waals surface area contributed by atoms with E-state index in [4.69, 9.17) is 4.18 Å². The van der Waals surface area contributed by atoms with Crippen LogP contribution in [0.2, 0.25) is 0 Å². The van der Waals surface area contributed by atoms with E-state index in [1.54, 1.807) is 25.1 Å². The smallest absolute Gasteiger partial charge is 0.325 e. The average Bonchev–Trinajstić information content (AvgIpc) is 2.92. The van der Waals surface area contributed by atoms with E-state index in [1.807, 2.05) is 0 Å². The highest BCUT2D eigenvalue weighted by Crippen LogP contribution is 2.32. The molecule has 0 radical (unpaired) electrons. The first-order valence-corrected chi connectivity index (χ1v) is 10.2. The molecule has 0 spiro atoms. The molecular weight excluding hydrogens is 387 g/mol. The number of urea groups is 1. The lowest BCUT2D eigenvalue weighted by Crippen LogP contribution is -2.43. The van der Waals surface area contributed by atoms with Crippen LogP contribution in [0.15, 0.2) is 54.6 Å². The number of nitrogens with zero attached hydrogens (tertiary/aromatic N) is 1. The van der Waals surface area contributed by atoms with Crippen molar-refractivity contribution in [2.24, 2.45) is 0 Å². The number of para-hydroxylation sites is 1. The summed E-state index contributed by atoms with van der Waals surface area (Å²) in [7, 11) is -4.01. The normalized spacial score (nSPS) is 19.6. The van der Waals surface area contributed by atoms with Gasteiger partial charge in [0.25, 0.3) is 5.91 Å². The number of rotatable bonds is 7. The van der Waals surface area contributed by atoms with Crippen LogP contribution in [0, 0.1) is 5.82 Å². The lowest BCUT2D eigenvalue weighted by atomic mass is 9.87. The summed E-state index contributed by atoms with van der Waals surface area (Å²) in [4.78, 5) is 26.1. The van der Waals surface area contributed by atoms with Crippen molar-refractivity contribution in [1.29, 1.82) is 0 Å². The fourth-order valence-corrected chi connectivity index (χ4v) is 3.96. The zero-order valence-corrected chi connectivity index (χ0v) is 15.9. The van der Waals surface area contributed by atoms with Gasteiger partial charge in [0.1, 0.15) is 22.9 Å². The number of hydrogen-bond donors (Lipinski definition) is 1. The minimum atomic E-state index is -4.01. The topological polar surface area (TPSA) is 92.8 Å². The van der Waals surface area contributed by atoms with Gasteiger partial charge in [0.2, 0.25) is 0 Å². The zero-order chi connectivity index (χ0) is 20.4. The van der Waals surface area contributed by atoms with Gasteiger partial charge in [-0.25, -0.2) is 9.18 Å². The molecule has 1 atom stereocenters. The number of imide groups is 1. The van der Waals surface area contributed by atoms with Crippen molar-refractivity contribution in [3.05, 3.63) is 66.0 Å². The highest BCUT2D eigenvalue weighted by molar-refractivity contribution is 7.87. The summed E-state index contributed by atoms with van der Waals surface area (Å²) in [5.74, 6) is -1.45. The van der Waals surface area contributed by atoms with E-state index in [0.717, 1.165) is 4.90 Å². The van der Waals surface area contributed by atoms with Crippen LogP contribution >= 0.6 is 0 Å². The van der Waals surface area contributed by atoms with E-state index in [0.29, 0.717) is 5.56 Å². The third-order valence-corrected chi connectivity index (χ3v) is 5.70. The molecule has 1 N–H and O–H groups in total. The summed E-state index contributed by atoms with van der Waals surface area (Å²) in [6.45, 7) is 1.35. The molecule has 2 aromatic rings. The van der Waals surface area contributed by atoms with E-state index < -0.39 is 39.2 Å². The lowest BCUT2D eigenvalue weighted by Gasteiger charge is -2.25. The highest BCUT2D eigenvalue weighted by atomic mass is 32.2. The maximum absolute atomic E-state index is 13.2. The molecule has 7 nitrogen and oxygen atoms in total.